The number of rotatable bonds is 1. The van der Waals surface area contributed by atoms with E-state index in [1.807, 2.05) is 0 Å². The van der Waals surface area contributed by atoms with E-state index < -0.39 is 0 Å². The van der Waals surface area contributed by atoms with Crippen molar-refractivity contribution in [2.75, 3.05) is 7.05 Å². The molecule has 3 aliphatic carbocycles. The van der Waals surface area contributed by atoms with Gasteiger partial charge in [-0.3, -0.25) is 0 Å². The number of nitrogens with one attached hydrogen (secondary N) is 1. The van der Waals surface area contributed by atoms with Crippen molar-refractivity contribution in [2.24, 2.45) is 23.2 Å². The van der Waals surface area contributed by atoms with Gasteiger partial charge < -0.3 is 5.32 Å². The van der Waals surface area contributed by atoms with E-state index in [2.05, 4.69) is 33.1 Å². The minimum Gasteiger partial charge on any atom is -0.317 e. The lowest BCUT2D eigenvalue weighted by Gasteiger charge is -2.62. The summed E-state index contributed by atoms with van der Waals surface area (Å²) in [6, 6.07) is 0.793. The van der Waals surface area contributed by atoms with Crippen LogP contribution in [0.1, 0.15) is 33.6 Å². The summed E-state index contributed by atoms with van der Waals surface area (Å²) in [6.07, 6.45) is 2.90. The van der Waals surface area contributed by atoms with Crippen LogP contribution in [0.4, 0.5) is 0 Å². The Bertz CT molecular complexity index is 185. The summed E-state index contributed by atoms with van der Waals surface area (Å²) in [5.41, 5.74) is 0.646. The Hall–Kier alpha value is -0.0400. The Balaban J connectivity index is 2.11. The highest BCUT2D eigenvalue weighted by atomic mass is 14.9. The van der Waals surface area contributed by atoms with Crippen molar-refractivity contribution in [1.82, 2.24) is 5.32 Å². The van der Waals surface area contributed by atoms with Gasteiger partial charge in [0.15, 0.2) is 0 Å². The molecule has 0 aromatic rings. The Morgan fingerprint density at radius 3 is 2.33 bits per heavy atom. The van der Waals surface area contributed by atoms with Crippen molar-refractivity contribution in [1.29, 1.82) is 0 Å². The van der Waals surface area contributed by atoms with Crippen molar-refractivity contribution in [3.8, 4) is 0 Å². The van der Waals surface area contributed by atoms with E-state index >= 15 is 0 Å². The molecule has 12 heavy (non-hydrogen) atoms. The third kappa shape index (κ3) is 0.891. The minimum atomic E-state index is 0.646. The van der Waals surface area contributed by atoms with Crippen molar-refractivity contribution in [2.45, 2.75) is 39.7 Å². The normalized spacial score (nSPS) is 50.0. The van der Waals surface area contributed by atoms with E-state index in [9.17, 15) is 0 Å². The second kappa shape index (κ2) is 2.47. The second-order valence-corrected chi connectivity index (χ2v) is 5.35. The molecule has 4 atom stereocenters. The maximum atomic E-state index is 3.45. The molecule has 0 aliphatic heterocycles. The van der Waals surface area contributed by atoms with E-state index in [1.165, 1.54) is 12.8 Å². The molecule has 1 heteroatoms. The zero-order valence-corrected chi connectivity index (χ0v) is 8.72. The van der Waals surface area contributed by atoms with Gasteiger partial charge in [0.05, 0.1) is 0 Å². The highest BCUT2D eigenvalue weighted by Crippen LogP contribution is 2.61. The van der Waals surface area contributed by atoms with Crippen LogP contribution < -0.4 is 5.32 Å². The molecular formula is C11H21N. The summed E-state index contributed by atoms with van der Waals surface area (Å²) in [5.74, 6) is 2.86. The molecule has 70 valence electrons. The Kier molecular flexibility index (Phi) is 1.76. The summed E-state index contributed by atoms with van der Waals surface area (Å²) in [4.78, 5) is 0. The summed E-state index contributed by atoms with van der Waals surface area (Å²) in [5, 5.41) is 3.45. The van der Waals surface area contributed by atoms with Gasteiger partial charge in [0, 0.05) is 6.04 Å². The lowest BCUT2D eigenvalue weighted by Crippen LogP contribution is -2.59. The molecule has 0 spiro atoms. The van der Waals surface area contributed by atoms with Gasteiger partial charge in [0.25, 0.3) is 0 Å². The van der Waals surface area contributed by atoms with Crippen LogP contribution in [0.15, 0.2) is 0 Å². The zero-order chi connectivity index (χ0) is 8.93. The third-order valence-electron chi connectivity index (χ3n) is 4.72. The third-order valence-corrected chi connectivity index (χ3v) is 4.72. The van der Waals surface area contributed by atoms with Crippen LogP contribution in [0.3, 0.4) is 0 Å². The number of fused-ring (bicyclic) bond motifs is 2. The van der Waals surface area contributed by atoms with Gasteiger partial charge in [0.1, 0.15) is 0 Å². The predicted octanol–water partition coefficient (Wildman–Crippen LogP) is 2.28. The summed E-state index contributed by atoms with van der Waals surface area (Å²) in [7, 11) is 2.11. The minimum absolute atomic E-state index is 0.646. The lowest BCUT2D eigenvalue weighted by atomic mass is 9.45. The predicted molar refractivity (Wildman–Crippen MR) is 52.0 cm³/mol. The fourth-order valence-electron chi connectivity index (χ4n) is 3.53. The molecule has 1 N–H and O–H groups in total. The molecule has 0 saturated heterocycles. The highest BCUT2D eigenvalue weighted by molar-refractivity contribution is 5.06. The summed E-state index contributed by atoms with van der Waals surface area (Å²) < 4.78 is 0. The molecule has 0 aromatic carbocycles. The smallest absolute Gasteiger partial charge is 0.00953 e. The SMILES string of the molecule is CN[C@@H]1C[C@H]2C[C@@H]([C@H]1C)C2(C)C. The topological polar surface area (TPSA) is 12.0 Å². The Labute approximate surface area is 75.9 Å². The molecule has 0 unspecified atom stereocenters. The fourth-order valence-corrected chi connectivity index (χ4v) is 3.53. The van der Waals surface area contributed by atoms with Crippen LogP contribution in [-0.2, 0) is 0 Å². The summed E-state index contributed by atoms with van der Waals surface area (Å²) >= 11 is 0. The van der Waals surface area contributed by atoms with E-state index in [1.54, 1.807) is 0 Å². The molecule has 3 rings (SSSR count). The molecule has 3 fully saturated rings. The van der Waals surface area contributed by atoms with Crippen LogP contribution in [0.2, 0.25) is 0 Å². The largest absolute Gasteiger partial charge is 0.317 e. The Morgan fingerprint density at radius 1 is 1.25 bits per heavy atom. The fraction of sp³-hybridized carbons (Fsp3) is 1.00. The lowest BCUT2D eigenvalue weighted by molar-refractivity contribution is -0.113. The van der Waals surface area contributed by atoms with Gasteiger partial charge >= 0.3 is 0 Å². The first kappa shape index (κ1) is 8.55. The van der Waals surface area contributed by atoms with E-state index in [-0.39, 0.29) is 0 Å². The quantitative estimate of drug-likeness (QED) is 0.632. The Morgan fingerprint density at radius 2 is 1.92 bits per heavy atom. The number of hydrogen-bond acceptors (Lipinski definition) is 1. The molecule has 0 radical (unpaired) electrons. The maximum absolute atomic E-state index is 3.45. The van der Waals surface area contributed by atoms with Crippen LogP contribution in [0.25, 0.3) is 0 Å². The van der Waals surface area contributed by atoms with E-state index in [0.717, 1.165) is 23.8 Å². The first-order chi connectivity index (χ1) is 5.57. The summed E-state index contributed by atoms with van der Waals surface area (Å²) in [6.45, 7) is 7.32. The average Bonchev–Trinajstić information content (AvgIpc) is 2.03. The molecule has 2 bridgehead atoms. The van der Waals surface area contributed by atoms with Crippen LogP contribution in [0.5, 0.6) is 0 Å². The monoisotopic (exact) mass is 167 g/mol. The highest BCUT2D eigenvalue weighted by Gasteiger charge is 2.55. The molecule has 0 aromatic heterocycles. The van der Waals surface area contributed by atoms with E-state index in [0.29, 0.717) is 5.41 Å². The zero-order valence-electron chi connectivity index (χ0n) is 8.72. The van der Waals surface area contributed by atoms with Crippen LogP contribution in [-0.4, -0.2) is 13.1 Å². The molecule has 1 nitrogen and oxygen atoms in total. The van der Waals surface area contributed by atoms with Gasteiger partial charge in [0.2, 0.25) is 0 Å². The van der Waals surface area contributed by atoms with Crippen molar-refractivity contribution >= 4 is 0 Å². The molecule has 0 heterocycles. The van der Waals surface area contributed by atoms with E-state index in [4.69, 9.17) is 0 Å². The van der Waals surface area contributed by atoms with Crippen molar-refractivity contribution in [3.63, 3.8) is 0 Å². The number of hydrogen-bond donors (Lipinski definition) is 1. The van der Waals surface area contributed by atoms with Gasteiger partial charge in [-0.2, -0.15) is 0 Å². The van der Waals surface area contributed by atoms with Gasteiger partial charge in [-0.05, 0) is 43.1 Å². The van der Waals surface area contributed by atoms with Gasteiger partial charge in [-0.15, -0.1) is 0 Å². The first-order valence-corrected chi connectivity index (χ1v) is 5.24. The molecule has 0 amide bonds. The molecule has 3 aliphatic rings. The van der Waals surface area contributed by atoms with Gasteiger partial charge in [-0.25, -0.2) is 0 Å². The average molecular weight is 167 g/mol. The maximum Gasteiger partial charge on any atom is 0.00953 e. The van der Waals surface area contributed by atoms with Crippen LogP contribution >= 0.6 is 0 Å². The van der Waals surface area contributed by atoms with Crippen molar-refractivity contribution in [3.05, 3.63) is 0 Å². The first-order valence-electron chi connectivity index (χ1n) is 5.24. The van der Waals surface area contributed by atoms with Crippen molar-refractivity contribution < 1.29 is 0 Å². The molecular weight excluding hydrogens is 146 g/mol. The second-order valence-electron chi connectivity index (χ2n) is 5.35. The molecule has 3 saturated carbocycles. The van der Waals surface area contributed by atoms with Gasteiger partial charge in [-0.1, -0.05) is 20.8 Å². The van der Waals surface area contributed by atoms with Crippen LogP contribution in [0, 0.1) is 23.2 Å². The standard InChI is InChI=1S/C11H21N/c1-7-9-5-8(11(9,2)3)6-10(7)12-4/h7-10,12H,5-6H2,1-4H3/t7-,8-,9+,10-/m1/s1.